The van der Waals surface area contributed by atoms with Crippen LogP contribution >= 0.6 is 11.6 Å². The van der Waals surface area contributed by atoms with E-state index in [1.807, 2.05) is 24.3 Å². The fourth-order valence-electron chi connectivity index (χ4n) is 2.44. The van der Waals surface area contributed by atoms with Gasteiger partial charge in [0.15, 0.2) is 0 Å². The highest BCUT2D eigenvalue weighted by molar-refractivity contribution is 7.93. The lowest BCUT2D eigenvalue weighted by Gasteiger charge is -2.04. The van der Waals surface area contributed by atoms with Gasteiger partial charge in [-0.2, -0.15) is 4.36 Å². The first kappa shape index (κ1) is 20.6. The summed E-state index contributed by atoms with van der Waals surface area (Å²) < 4.78 is 21.9. The van der Waals surface area contributed by atoms with Gasteiger partial charge < -0.3 is 4.74 Å². The van der Waals surface area contributed by atoms with E-state index in [4.69, 9.17) is 16.3 Å². The van der Waals surface area contributed by atoms with Gasteiger partial charge in [-0.15, -0.1) is 0 Å². The maximum Gasteiger partial charge on any atom is 0.286 e. The molecular formula is C22H17ClN2O3S. The molecule has 1 aromatic heterocycles. The third-order valence-electron chi connectivity index (χ3n) is 3.90. The van der Waals surface area contributed by atoms with Crippen molar-refractivity contribution in [3.05, 3.63) is 88.7 Å². The lowest BCUT2D eigenvalue weighted by atomic mass is 10.1. The molecule has 0 aliphatic carbocycles. The molecule has 0 spiro atoms. The minimum Gasteiger partial charge on any atom is -0.497 e. The molecule has 1 unspecified atom stereocenters. The Labute approximate surface area is 174 Å². The fraction of sp³-hybridized carbons (Fsp3) is 0.0909. The van der Waals surface area contributed by atoms with Gasteiger partial charge in [-0.25, -0.2) is 4.21 Å². The van der Waals surface area contributed by atoms with E-state index in [2.05, 4.69) is 21.2 Å². The summed E-state index contributed by atoms with van der Waals surface area (Å²) in [6, 6.07) is 15.4. The van der Waals surface area contributed by atoms with Crippen LogP contribution in [0.4, 0.5) is 0 Å². The molecule has 2 aromatic carbocycles. The van der Waals surface area contributed by atoms with Gasteiger partial charge in [-0.1, -0.05) is 35.6 Å². The molecule has 146 valence electrons. The molecule has 0 aliphatic rings. The number of rotatable bonds is 3. The SMILES string of the molecule is COc1cccc(C#Cc2cncc(C(=O)N=S(C)(=O)c3cccc(Cl)c3)c2)c1. The molecule has 0 saturated heterocycles. The number of aromatic nitrogens is 1. The number of pyridine rings is 1. The van der Waals surface area contributed by atoms with Crippen molar-refractivity contribution in [3.63, 3.8) is 0 Å². The van der Waals surface area contributed by atoms with E-state index in [0.29, 0.717) is 21.2 Å². The van der Waals surface area contributed by atoms with Crippen LogP contribution in [0.2, 0.25) is 5.02 Å². The van der Waals surface area contributed by atoms with Crippen LogP contribution in [0.3, 0.4) is 0 Å². The molecule has 0 bridgehead atoms. The number of methoxy groups -OCH3 is 1. The Morgan fingerprint density at radius 2 is 1.83 bits per heavy atom. The highest BCUT2D eigenvalue weighted by Crippen LogP contribution is 2.18. The second kappa shape index (κ2) is 8.91. The molecular weight excluding hydrogens is 408 g/mol. The van der Waals surface area contributed by atoms with E-state index in [1.54, 1.807) is 37.6 Å². The molecule has 0 radical (unpaired) electrons. The Hall–Kier alpha value is -3.14. The number of amides is 1. The van der Waals surface area contributed by atoms with Crippen molar-refractivity contribution in [2.45, 2.75) is 4.90 Å². The number of halogens is 1. The third-order valence-corrected chi connectivity index (χ3v) is 5.77. The smallest absolute Gasteiger partial charge is 0.286 e. The molecule has 0 fully saturated rings. The zero-order valence-electron chi connectivity index (χ0n) is 15.8. The number of hydrogen-bond donors (Lipinski definition) is 0. The van der Waals surface area contributed by atoms with Crippen molar-refractivity contribution in [2.75, 3.05) is 13.4 Å². The summed E-state index contributed by atoms with van der Waals surface area (Å²) in [6.45, 7) is 0. The molecule has 29 heavy (non-hydrogen) atoms. The van der Waals surface area contributed by atoms with E-state index >= 15 is 0 Å². The molecule has 1 heterocycles. The van der Waals surface area contributed by atoms with Crippen molar-refractivity contribution in [1.29, 1.82) is 0 Å². The molecule has 1 amide bonds. The first-order valence-electron chi connectivity index (χ1n) is 8.50. The number of nitrogens with zero attached hydrogens (tertiary/aromatic N) is 2. The van der Waals surface area contributed by atoms with Crippen LogP contribution in [0.5, 0.6) is 5.75 Å². The van der Waals surface area contributed by atoms with Crippen molar-refractivity contribution in [2.24, 2.45) is 4.36 Å². The Bertz CT molecular complexity index is 1250. The molecule has 0 N–H and O–H groups in total. The first-order chi connectivity index (χ1) is 13.9. The average molecular weight is 425 g/mol. The molecule has 7 heteroatoms. The fourth-order valence-corrected chi connectivity index (χ4v) is 3.90. The monoisotopic (exact) mass is 424 g/mol. The Kier molecular flexibility index (Phi) is 6.32. The number of carbonyl (C=O) groups is 1. The predicted molar refractivity (Wildman–Crippen MR) is 114 cm³/mol. The molecule has 3 aromatic rings. The highest BCUT2D eigenvalue weighted by atomic mass is 35.5. The molecule has 0 saturated carbocycles. The second-order valence-electron chi connectivity index (χ2n) is 6.10. The van der Waals surface area contributed by atoms with E-state index < -0.39 is 15.6 Å². The summed E-state index contributed by atoms with van der Waals surface area (Å²) in [5.74, 6) is 6.03. The van der Waals surface area contributed by atoms with Crippen LogP contribution in [0.15, 0.2) is 76.2 Å². The quantitative estimate of drug-likeness (QED) is 0.583. The summed E-state index contributed by atoms with van der Waals surface area (Å²) in [5.41, 5.74) is 1.52. The lowest BCUT2D eigenvalue weighted by molar-refractivity contribution is 0.100. The highest BCUT2D eigenvalue weighted by Gasteiger charge is 2.12. The van der Waals surface area contributed by atoms with Crippen LogP contribution in [0, 0.1) is 11.8 Å². The summed E-state index contributed by atoms with van der Waals surface area (Å²) in [6.07, 6.45) is 4.32. The zero-order valence-corrected chi connectivity index (χ0v) is 17.3. The van der Waals surface area contributed by atoms with E-state index in [0.717, 1.165) is 5.56 Å². The van der Waals surface area contributed by atoms with Crippen molar-refractivity contribution in [1.82, 2.24) is 4.98 Å². The largest absolute Gasteiger partial charge is 0.497 e. The van der Waals surface area contributed by atoms with Crippen LogP contribution in [0.1, 0.15) is 21.5 Å². The van der Waals surface area contributed by atoms with Gasteiger partial charge in [-0.05, 0) is 42.5 Å². The predicted octanol–water partition coefficient (Wildman–Crippen LogP) is 4.44. The van der Waals surface area contributed by atoms with E-state index in [-0.39, 0.29) is 5.56 Å². The summed E-state index contributed by atoms with van der Waals surface area (Å²) >= 11 is 5.94. The second-order valence-corrected chi connectivity index (χ2v) is 8.80. The minimum absolute atomic E-state index is 0.207. The van der Waals surface area contributed by atoms with Gasteiger partial charge in [0.1, 0.15) is 5.75 Å². The van der Waals surface area contributed by atoms with Crippen molar-refractivity contribution < 1.29 is 13.7 Å². The van der Waals surface area contributed by atoms with E-state index in [1.165, 1.54) is 18.5 Å². The van der Waals surface area contributed by atoms with Gasteiger partial charge in [0, 0.05) is 39.7 Å². The van der Waals surface area contributed by atoms with Gasteiger partial charge in [0.2, 0.25) is 0 Å². The minimum atomic E-state index is -2.94. The van der Waals surface area contributed by atoms with Gasteiger partial charge >= 0.3 is 0 Å². The first-order valence-corrected chi connectivity index (χ1v) is 10.8. The van der Waals surface area contributed by atoms with Gasteiger partial charge in [0.25, 0.3) is 5.91 Å². The molecule has 3 rings (SSSR count). The number of ether oxygens (including phenoxy) is 1. The maximum absolute atomic E-state index is 12.9. The zero-order chi connectivity index (χ0) is 20.9. The van der Waals surface area contributed by atoms with Gasteiger partial charge in [-0.3, -0.25) is 9.78 Å². The Morgan fingerprint density at radius 3 is 2.59 bits per heavy atom. The Morgan fingerprint density at radius 1 is 1.07 bits per heavy atom. The summed E-state index contributed by atoms with van der Waals surface area (Å²) in [4.78, 5) is 17.0. The summed E-state index contributed by atoms with van der Waals surface area (Å²) in [7, 11) is -1.36. The lowest BCUT2D eigenvalue weighted by Crippen LogP contribution is -2.04. The van der Waals surface area contributed by atoms with E-state index in [9.17, 15) is 9.00 Å². The van der Waals surface area contributed by atoms with Crippen LogP contribution in [0.25, 0.3) is 0 Å². The standard InChI is InChI=1S/C22H17ClN2O3S/c1-28-20-7-3-5-16(12-20)9-10-17-11-18(15-24-14-17)22(26)25-29(2,27)21-8-4-6-19(23)13-21/h3-8,11-15H,1-2H3. The number of hydrogen-bond acceptors (Lipinski definition) is 4. The molecule has 0 aliphatic heterocycles. The Balaban J connectivity index is 1.88. The maximum atomic E-state index is 12.9. The van der Waals surface area contributed by atoms with Crippen molar-refractivity contribution >= 4 is 27.2 Å². The molecule has 1 atom stereocenters. The number of carbonyl (C=O) groups excluding carboxylic acids is 1. The van der Waals surface area contributed by atoms with Crippen LogP contribution < -0.4 is 4.74 Å². The normalized spacial score (nSPS) is 12.2. The topological polar surface area (TPSA) is 68.6 Å². The summed E-state index contributed by atoms with van der Waals surface area (Å²) in [5, 5.41) is 0.427. The van der Waals surface area contributed by atoms with Gasteiger partial charge in [0.05, 0.1) is 22.4 Å². The molecule has 5 nitrogen and oxygen atoms in total. The van der Waals surface area contributed by atoms with Crippen LogP contribution in [-0.4, -0.2) is 28.5 Å². The van der Waals surface area contributed by atoms with Crippen molar-refractivity contribution in [3.8, 4) is 17.6 Å². The average Bonchev–Trinajstić information content (AvgIpc) is 2.72. The number of benzene rings is 2. The third kappa shape index (κ3) is 5.44. The van der Waals surface area contributed by atoms with Crippen LogP contribution in [-0.2, 0) is 9.73 Å².